The Bertz CT molecular complexity index is 980. The molecule has 0 radical (unpaired) electrons. The van der Waals surface area contributed by atoms with Crippen molar-refractivity contribution in [3.8, 4) is 0 Å². The second kappa shape index (κ2) is 5.97. The first kappa shape index (κ1) is 15.8. The topological polar surface area (TPSA) is 59.2 Å². The Hall–Kier alpha value is -2.72. The van der Waals surface area contributed by atoms with Gasteiger partial charge in [0.05, 0.1) is 16.8 Å². The number of nitrogens with two attached hydrogens (primary N) is 1. The molecule has 3 aromatic rings. The minimum atomic E-state index is -0.148. The van der Waals surface area contributed by atoms with Gasteiger partial charge in [0.2, 0.25) is 0 Å². The van der Waals surface area contributed by atoms with Crippen LogP contribution < -0.4 is 5.73 Å². The van der Waals surface area contributed by atoms with E-state index in [1.54, 1.807) is 0 Å². The third-order valence-electron chi connectivity index (χ3n) is 4.91. The number of nitrogens with zero attached hydrogens (tertiary/aromatic N) is 2. The third kappa shape index (κ3) is 2.79. The van der Waals surface area contributed by atoms with Crippen LogP contribution in [0.5, 0.6) is 0 Å². The summed E-state index contributed by atoms with van der Waals surface area (Å²) in [5.41, 5.74) is 12.0. The summed E-state index contributed by atoms with van der Waals surface area (Å²) >= 11 is 0. The number of carbonyl (C=O) groups excluding carboxylic acids is 1. The summed E-state index contributed by atoms with van der Waals surface area (Å²) in [6.07, 6.45) is 0. The van der Waals surface area contributed by atoms with Crippen LogP contribution in [0.2, 0.25) is 0 Å². The maximum Gasteiger partial charge on any atom is 0.256 e. The molecular weight excluding hydrogens is 310 g/mol. The molecule has 2 aromatic carbocycles. The van der Waals surface area contributed by atoms with Gasteiger partial charge < -0.3 is 10.6 Å². The molecule has 1 amide bonds. The molecule has 126 valence electrons. The van der Waals surface area contributed by atoms with Crippen molar-refractivity contribution in [2.75, 3.05) is 6.54 Å². The van der Waals surface area contributed by atoms with Gasteiger partial charge in [-0.25, -0.2) is 0 Å². The maximum atomic E-state index is 13.1. The number of benzene rings is 2. The van der Waals surface area contributed by atoms with E-state index in [4.69, 9.17) is 5.73 Å². The second-order valence-corrected chi connectivity index (χ2v) is 6.81. The van der Waals surface area contributed by atoms with E-state index < -0.39 is 0 Å². The molecule has 1 unspecified atom stereocenters. The Balaban J connectivity index is 1.71. The van der Waals surface area contributed by atoms with Crippen LogP contribution >= 0.6 is 0 Å². The van der Waals surface area contributed by atoms with Crippen molar-refractivity contribution in [2.45, 2.75) is 26.4 Å². The van der Waals surface area contributed by atoms with E-state index >= 15 is 0 Å². The van der Waals surface area contributed by atoms with E-state index in [9.17, 15) is 4.79 Å². The number of carbonyl (C=O) groups is 1. The molecule has 0 bridgehead atoms. The van der Waals surface area contributed by atoms with E-state index in [0.717, 1.165) is 33.3 Å². The average Bonchev–Trinajstić information content (AvgIpc) is 2.60. The van der Waals surface area contributed by atoms with Crippen LogP contribution in [0.25, 0.3) is 10.9 Å². The molecule has 1 aromatic heterocycles. The van der Waals surface area contributed by atoms with Gasteiger partial charge in [0.25, 0.3) is 5.91 Å². The molecule has 25 heavy (non-hydrogen) atoms. The highest BCUT2D eigenvalue weighted by atomic mass is 16.2. The van der Waals surface area contributed by atoms with Crippen molar-refractivity contribution in [3.05, 3.63) is 76.5 Å². The van der Waals surface area contributed by atoms with Crippen LogP contribution in [0.15, 0.2) is 48.5 Å². The van der Waals surface area contributed by atoms with Crippen molar-refractivity contribution >= 4 is 16.8 Å². The zero-order valence-electron chi connectivity index (χ0n) is 14.5. The van der Waals surface area contributed by atoms with Gasteiger partial charge >= 0.3 is 0 Å². The van der Waals surface area contributed by atoms with Crippen LogP contribution in [0.3, 0.4) is 0 Å². The van der Waals surface area contributed by atoms with Crippen molar-refractivity contribution in [3.63, 3.8) is 0 Å². The van der Waals surface area contributed by atoms with E-state index in [2.05, 4.69) is 4.98 Å². The number of hydrogen-bond acceptors (Lipinski definition) is 3. The summed E-state index contributed by atoms with van der Waals surface area (Å²) in [6.45, 7) is 5.06. The predicted molar refractivity (Wildman–Crippen MR) is 99.3 cm³/mol. The van der Waals surface area contributed by atoms with Crippen LogP contribution in [0, 0.1) is 13.8 Å². The normalized spacial score (nSPS) is 16.8. The molecule has 0 saturated heterocycles. The first-order valence-corrected chi connectivity index (χ1v) is 8.53. The molecule has 0 fully saturated rings. The number of pyridine rings is 1. The van der Waals surface area contributed by atoms with Gasteiger partial charge in [-0.15, -0.1) is 0 Å². The summed E-state index contributed by atoms with van der Waals surface area (Å²) in [5, 5.41) is 0.987. The fourth-order valence-corrected chi connectivity index (χ4v) is 3.56. The summed E-state index contributed by atoms with van der Waals surface area (Å²) in [4.78, 5) is 19.6. The molecule has 2 heterocycles. The van der Waals surface area contributed by atoms with Crippen molar-refractivity contribution in [2.24, 2.45) is 5.73 Å². The summed E-state index contributed by atoms with van der Waals surface area (Å²) in [7, 11) is 0. The smallest absolute Gasteiger partial charge is 0.256 e. The summed E-state index contributed by atoms with van der Waals surface area (Å²) < 4.78 is 0. The number of aryl methyl sites for hydroxylation is 2. The van der Waals surface area contributed by atoms with Crippen LogP contribution in [-0.4, -0.2) is 22.3 Å². The Morgan fingerprint density at radius 3 is 2.80 bits per heavy atom. The van der Waals surface area contributed by atoms with Crippen molar-refractivity contribution in [1.29, 1.82) is 0 Å². The van der Waals surface area contributed by atoms with Gasteiger partial charge in [-0.3, -0.25) is 9.78 Å². The van der Waals surface area contributed by atoms with Gasteiger partial charge in [0.1, 0.15) is 0 Å². The Kier molecular flexibility index (Phi) is 3.77. The van der Waals surface area contributed by atoms with Crippen molar-refractivity contribution < 1.29 is 4.79 Å². The first-order chi connectivity index (χ1) is 12.0. The highest BCUT2D eigenvalue weighted by Gasteiger charge is 2.27. The number of rotatable bonds is 1. The zero-order valence-corrected chi connectivity index (χ0v) is 14.5. The number of hydrogen-bond donors (Lipinski definition) is 1. The largest absolute Gasteiger partial charge is 0.332 e. The number of amides is 1. The second-order valence-electron chi connectivity index (χ2n) is 6.81. The van der Waals surface area contributed by atoms with E-state index in [1.165, 1.54) is 0 Å². The highest BCUT2D eigenvalue weighted by Crippen LogP contribution is 2.27. The summed E-state index contributed by atoms with van der Waals surface area (Å²) in [5.74, 6) is -0.00238. The lowest BCUT2D eigenvalue weighted by Gasteiger charge is -2.33. The minimum absolute atomic E-state index is 0.00238. The average molecular weight is 331 g/mol. The monoisotopic (exact) mass is 331 g/mol. The molecule has 0 saturated carbocycles. The Morgan fingerprint density at radius 1 is 1.16 bits per heavy atom. The van der Waals surface area contributed by atoms with Crippen LogP contribution in [0.1, 0.15) is 38.8 Å². The lowest BCUT2D eigenvalue weighted by atomic mass is 9.95. The van der Waals surface area contributed by atoms with E-state index in [1.807, 2.05) is 67.3 Å². The fourth-order valence-electron chi connectivity index (χ4n) is 3.56. The van der Waals surface area contributed by atoms with E-state index in [-0.39, 0.29) is 11.9 Å². The van der Waals surface area contributed by atoms with Gasteiger partial charge in [0, 0.05) is 24.5 Å². The van der Waals surface area contributed by atoms with Crippen molar-refractivity contribution in [1.82, 2.24) is 9.88 Å². The quantitative estimate of drug-likeness (QED) is 0.742. The predicted octanol–water partition coefficient (Wildman–Crippen LogP) is 3.51. The van der Waals surface area contributed by atoms with Crippen LogP contribution in [-0.2, 0) is 6.54 Å². The highest BCUT2D eigenvalue weighted by molar-refractivity contribution is 5.98. The third-order valence-corrected chi connectivity index (χ3v) is 4.91. The SMILES string of the molecule is Cc1ccc2cc(C(=O)N3Cc4ccccc4C(N)C3)c(C)nc2c1. The first-order valence-electron chi connectivity index (χ1n) is 8.53. The number of fused-ring (bicyclic) bond motifs is 2. The zero-order chi connectivity index (χ0) is 17.6. The molecule has 0 aliphatic carbocycles. The molecule has 1 aliphatic rings. The fraction of sp³-hybridized carbons (Fsp3) is 0.238. The minimum Gasteiger partial charge on any atom is -0.332 e. The summed E-state index contributed by atoms with van der Waals surface area (Å²) in [6, 6.07) is 16.0. The van der Waals surface area contributed by atoms with Gasteiger partial charge in [0.15, 0.2) is 0 Å². The standard InChI is InChI=1S/C21H21N3O/c1-13-7-8-15-10-18(14(2)23-20(15)9-13)21(25)24-11-16-5-3-4-6-17(16)19(22)12-24/h3-10,19H,11-12,22H2,1-2H3. The van der Waals surface area contributed by atoms with Gasteiger partial charge in [-0.2, -0.15) is 0 Å². The molecular formula is C21H21N3O. The van der Waals surface area contributed by atoms with Crippen LogP contribution in [0.4, 0.5) is 0 Å². The Morgan fingerprint density at radius 2 is 1.96 bits per heavy atom. The number of aromatic nitrogens is 1. The molecule has 0 spiro atoms. The molecule has 4 rings (SSSR count). The molecule has 2 N–H and O–H groups in total. The molecule has 1 atom stereocenters. The maximum absolute atomic E-state index is 13.1. The van der Waals surface area contributed by atoms with Gasteiger partial charge in [-0.1, -0.05) is 36.4 Å². The lowest BCUT2D eigenvalue weighted by molar-refractivity contribution is 0.0717. The molecule has 4 heteroatoms. The van der Waals surface area contributed by atoms with Gasteiger partial charge in [-0.05, 0) is 42.7 Å². The Labute approximate surface area is 147 Å². The molecule has 1 aliphatic heterocycles. The lowest BCUT2D eigenvalue weighted by Crippen LogP contribution is -2.41. The molecule has 4 nitrogen and oxygen atoms in total. The van der Waals surface area contributed by atoms with E-state index in [0.29, 0.717) is 18.7 Å².